The first kappa shape index (κ1) is 17.1. The Bertz CT molecular complexity index is 242. The third kappa shape index (κ3) is 6.11. The molecule has 0 spiro atoms. The monoisotopic (exact) mass is 260 g/mol. The van der Waals surface area contributed by atoms with E-state index in [9.17, 15) is 4.79 Å². The summed E-state index contributed by atoms with van der Waals surface area (Å²) >= 11 is 0. The SMILES string of the molecule is C=C[C@H](N)C(=O)N(CCO)CC(OCC)OCC. The van der Waals surface area contributed by atoms with Gasteiger partial charge in [0.25, 0.3) is 0 Å². The fourth-order valence-electron chi connectivity index (χ4n) is 1.43. The zero-order chi connectivity index (χ0) is 14.0. The Morgan fingerprint density at radius 2 is 2.00 bits per heavy atom. The first-order chi connectivity index (χ1) is 8.60. The van der Waals surface area contributed by atoms with Crippen molar-refractivity contribution < 1.29 is 19.4 Å². The van der Waals surface area contributed by atoms with Gasteiger partial charge < -0.3 is 25.2 Å². The molecule has 0 saturated carbocycles. The topological polar surface area (TPSA) is 85.0 Å². The molecular weight excluding hydrogens is 236 g/mol. The highest BCUT2D eigenvalue weighted by atomic mass is 16.7. The van der Waals surface area contributed by atoms with Crippen molar-refractivity contribution in [2.75, 3.05) is 32.9 Å². The zero-order valence-electron chi connectivity index (χ0n) is 11.2. The first-order valence-corrected chi connectivity index (χ1v) is 6.11. The van der Waals surface area contributed by atoms with Crippen molar-refractivity contribution in [2.24, 2.45) is 5.73 Å². The van der Waals surface area contributed by atoms with Crippen LogP contribution in [-0.2, 0) is 14.3 Å². The molecule has 0 radical (unpaired) electrons. The number of ether oxygens (including phenoxy) is 2. The van der Waals surface area contributed by atoms with E-state index in [0.29, 0.717) is 13.2 Å². The molecule has 0 aromatic heterocycles. The van der Waals surface area contributed by atoms with Gasteiger partial charge in [-0.2, -0.15) is 0 Å². The van der Waals surface area contributed by atoms with E-state index >= 15 is 0 Å². The van der Waals surface area contributed by atoms with Gasteiger partial charge in [0.2, 0.25) is 5.91 Å². The number of rotatable bonds is 10. The second kappa shape index (κ2) is 10.0. The second-order valence-electron chi connectivity index (χ2n) is 3.61. The van der Waals surface area contributed by atoms with E-state index in [-0.39, 0.29) is 25.6 Å². The summed E-state index contributed by atoms with van der Waals surface area (Å²) in [6.45, 7) is 8.44. The minimum absolute atomic E-state index is 0.138. The summed E-state index contributed by atoms with van der Waals surface area (Å²) in [4.78, 5) is 13.3. The molecule has 3 N–H and O–H groups in total. The van der Waals surface area contributed by atoms with Gasteiger partial charge in [-0.15, -0.1) is 6.58 Å². The number of nitrogens with zero attached hydrogens (tertiary/aromatic N) is 1. The normalized spacial score (nSPS) is 12.5. The third-order valence-corrected chi connectivity index (χ3v) is 2.30. The average molecular weight is 260 g/mol. The predicted molar refractivity (Wildman–Crippen MR) is 68.9 cm³/mol. The molecule has 1 amide bonds. The number of hydrogen-bond acceptors (Lipinski definition) is 5. The number of aliphatic hydroxyl groups is 1. The highest BCUT2D eigenvalue weighted by Gasteiger charge is 2.22. The molecule has 0 heterocycles. The summed E-state index contributed by atoms with van der Waals surface area (Å²) in [5, 5.41) is 8.97. The van der Waals surface area contributed by atoms with Crippen molar-refractivity contribution in [2.45, 2.75) is 26.2 Å². The molecular formula is C12H24N2O4. The van der Waals surface area contributed by atoms with Crippen LogP contribution in [0.1, 0.15) is 13.8 Å². The van der Waals surface area contributed by atoms with Crippen LogP contribution in [0.4, 0.5) is 0 Å². The zero-order valence-corrected chi connectivity index (χ0v) is 11.2. The predicted octanol–water partition coefficient (Wildman–Crippen LogP) is -0.280. The van der Waals surface area contributed by atoms with Crippen molar-refractivity contribution in [3.63, 3.8) is 0 Å². The quantitative estimate of drug-likeness (QED) is 0.417. The Morgan fingerprint density at radius 3 is 2.39 bits per heavy atom. The van der Waals surface area contributed by atoms with Crippen molar-refractivity contribution in [3.05, 3.63) is 12.7 Å². The minimum atomic E-state index is -0.777. The summed E-state index contributed by atoms with van der Waals surface area (Å²) < 4.78 is 10.7. The van der Waals surface area contributed by atoms with Crippen molar-refractivity contribution >= 4 is 5.91 Å². The molecule has 0 saturated heterocycles. The molecule has 0 fully saturated rings. The lowest BCUT2D eigenvalue weighted by atomic mass is 10.2. The van der Waals surface area contributed by atoms with Crippen molar-refractivity contribution in [1.29, 1.82) is 0 Å². The van der Waals surface area contributed by atoms with E-state index in [1.165, 1.54) is 11.0 Å². The van der Waals surface area contributed by atoms with Crippen LogP contribution in [0.25, 0.3) is 0 Å². The summed E-state index contributed by atoms with van der Waals surface area (Å²) in [6.07, 6.45) is 0.857. The van der Waals surface area contributed by atoms with Crippen LogP contribution in [-0.4, -0.2) is 61.2 Å². The number of nitrogens with two attached hydrogens (primary N) is 1. The molecule has 0 aliphatic rings. The van der Waals surface area contributed by atoms with Crippen molar-refractivity contribution in [1.82, 2.24) is 4.90 Å². The summed E-state index contributed by atoms with van der Waals surface area (Å²) in [7, 11) is 0. The molecule has 0 aliphatic heterocycles. The molecule has 0 rings (SSSR count). The third-order valence-electron chi connectivity index (χ3n) is 2.30. The summed E-state index contributed by atoms with van der Waals surface area (Å²) in [6, 6.07) is -0.777. The maximum Gasteiger partial charge on any atom is 0.243 e. The van der Waals surface area contributed by atoms with Gasteiger partial charge in [0.15, 0.2) is 6.29 Å². The van der Waals surface area contributed by atoms with Crippen LogP contribution in [0.3, 0.4) is 0 Å². The Balaban J connectivity index is 4.56. The van der Waals surface area contributed by atoms with Gasteiger partial charge in [0.1, 0.15) is 6.04 Å². The average Bonchev–Trinajstić information content (AvgIpc) is 2.37. The standard InChI is InChI=1S/C12H24N2O4/c1-4-10(13)12(16)14(7-8-15)9-11(17-5-2)18-6-3/h4,10-11,15H,1,5-9,13H2,2-3H3/t10-/m0/s1. The highest BCUT2D eigenvalue weighted by molar-refractivity contribution is 5.83. The van der Waals surface area contributed by atoms with E-state index in [1.807, 2.05) is 13.8 Å². The number of carbonyl (C=O) groups is 1. The van der Waals surface area contributed by atoms with E-state index < -0.39 is 12.3 Å². The van der Waals surface area contributed by atoms with Crippen LogP contribution in [0.5, 0.6) is 0 Å². The van der Waals surface area contributed by atoms with Crippen molar-refractivity contribution in [3.8, 4) is 0 Å². The Morgan fingerprint density at radius 1 is 1.44 bits per heavy atom. The Kier molecular flexibility index (Phi) is 9.49. The maximum absolute atomic E-state index is 11.9. The molecule has 6 nitrogen and oxygen atoms in total. The van der Waals surface area contributed by atoms with E-state index in [1.54, 1.807) is 0 Å². The van der Waals surface area contributed by atoms with Gasteiger partial charge in [-0.1, -0.05) is 6.08 Å². The fraction of sp³-hybridized carbons (Fsp3) is 0.750. The van der Waals surface area contributed by atoms with E-state index in [0.717, 1.165) is 0 Å². The first-order valence-electron chi connectivity index (χ1n) is 6.11. The number of carbonyl (C=O) groups excluding carboxylic acids is 1. The van der Waals surface area contributed by atoms with Gasteiger partial charge >= 0.3 is 0 Å². The molecule has 106 valence electrons. The van der Waals surface area contributed by atoms with Crippen LogP contribution in [0, 0.1) is 0 Å². The lowest BCUT2D eigenvalue weighted by Gasteiger charge is -2.28. The summed E-state index contributed by atoms with van der Waals surface area (Å²) in [5.74, 6) is -0.302. The summed E-state index contributed by atoms with van der Waals surface area (Å²) in [5.41, 5.74) is 5.60. The van der Waals surface area contributed by atoms with Crippen LogP contribution < -0.4 is 5.73 Å². The van der Waals surface area contributed by atoms with Crippen LogP contribution in [0.2, 0.25) is 0 Å². The minimum Gasteiger partial charge on any atom is -0.395 e. The smallest absolute Gasteiger partial charge is 0.243 e. The van der Waals surface area contributed by atoms with Gasteiger partial charge in [-0.05, 0) is 13.8 Å². The van der Waals surface area contributed by atoms with Crippen LogP contribution >= 0.6 is 0 Å². The molecule has 0 aromatic carbocycles. The molecule has 18 heavy (non-hydrogen) atoms. The Hall–Kier alpha value is -0.950. The van der Waals surface area contributed by atoms with Gasteiger partial charge in [-0.3, -0.25) is 4.79 Å². The highest BCUT2D eigenvalue weighted by Crippen LogP contribution is 2.02. The van der Waals surface area contributed by atoms with Gasteiger partial charge in [0.05, 0.1) is 13.2 Å². The largest absolute Gasteiger partial charge is 0.395 e. The molecule has 0 aromatic rings. The van der Waals surface area contributed by atoms with Gasteiger partial charge in [0, 0.05) is 19.8 Å². The lowest BCUT2D eigenvalue weighted by Crippen LogP contribution is -2.47. The molecule has 0 bridgehead atoms. The number of hydrogen-bond donors (Lipinski definition) is 2. The Labute approximate surface area is 108 Å². The van der Waals surface area contributed by atoms with Crippen LogP contribution in [0.15, 0.2) is 12.7 Å². The second-order valence-corrected chi connectivity index (χ2v) is 3.61. The number of amides is 1. The van der Waals surface area contributed by atoms with Gasteiger partial charge in [-0.25, -0.2) is 0 Å². The van der Waals surface area contributed by atoms with E-state index in [2.05, 4.69) is 6.58 Å². The molecule has 0 unspecified atom stereocenters. The number of aliphatic hydroxyl groups excluding tert-OH is 1. The van der Waals surface area contributed by atoms with E-state index in [4.69, 9.17) is 20.3 Å². The maximum atomic E-state index is 11.9. The molecule has 1 atom stereocenters. The molecule has 6 heteroatoms. The lowest BCUT2D eigenvalue weighted by molar-refractivity contribution is -0.159. The molecule has 0 aliphatic carbocycles. The fourth-order valence-corrected chi connectivity index (χ4v) is 1.43.